The summed E-state index contributed by atoms with van der Waals surface area (Å²) in [6, 6.07) is 2.89. The van der Waals surface area contributed by atoms with Gasteiger partial charge in [0.25, 0.3) is 5.91 Å². The molecule has 0 bridgehead atoms. The molecule has 3 amide bonds. The van der Waals surface area contributed by atoms with Gasteiger partial charge in [-0.1, -0.05) is 6.07 Å². The monoisotopic (exact) mass is 252 g/mol. The second-order valence-electron chi connectivity index (χ2n) is 3.29. The maximum absolute atomic E-state index is 11.7. The minimum atomic E-state index is -1.23. The zero-order valence-electron chi connectivity index (χ0n) is 8.54. The smallest absolute Gasteiger partial charge is 0.329 e. The SMILES string of the molecule is O=C(O)CN1C(=O)NC(=Cc2cccs2)C1=O. The molecule has 0 atom stereocenters. The van der Waals surface area contributed by atoms with Crippen LogP contribution in [-0.4, -0.2) is 34.5 Å². The van der Waals surface area contributed by atoms with E-state index in [-0.39, 0.29) is 5.70 Å². The van der Waals surface area contributed by atoms with E-state index in [0.29, 0.717) is 4.90 Å². The van der Waals surface area contributed by atoms with Gasteiger partial charge < -0.3 is 10.4 Å². The lowest BCUT2D eigenvalue weighted by Crippen LogP contribution is -2.35. The van der Waals surface area contributed by atoms with E-state index in [4.69, 9.17) is 5.11 Å². The van der Waals surface area contributed by atoms with E-state index in [9.17, 15) is 14.4 Å². The van der Waals surface area contributed by atoms with Crippen molar-refractivity contribution in [3.63, 3.8) is 0 Å². The van der Waals surface area contributed by atoms with Gasteiger partial charge in [-0.2, -0.15) is 0 Å². The summed E-state index contributed by atoms with van der Waals surface area (Å²) in [5, 5.41) is 12.7. The van der Waals surface area contributed by atoms with Crippen LogP contribution in [0.25, 0.3) is 6.08 Å². The molecular formula is C10H8N2O4S. The van der Waals surface area contributed by atoms with E-state index in [1.807, 2.05) is 11.4 Å². The quantitative estimate of drug-likeness (QED) is 0.613. The van der Waals surface area contributed by atoms with Crippen molar-refractivity contribution in [3.05, 3.63) is 28.1 Å². The van der Waals surface area contributed by atoms with Gasteiger partial charge in [-0.15, -0.1) is 11.3 Å². The summed E-state index contributed by atoms with van der Waals surface area (Å²) in [6.07, 6.45) is 1.52. The number of amides is 3. The number of imide groups is 1. The summed E-state index contributed by atoms with van der Waals surface area (Å²) in [5.41, 5.74) is 0.0960. The van der Waals surface area contributed by atoms with Gasteiger partial charge in [0.15, 0.2) is 0 Å². The van der Waals surface area contributed by atoms with Crippen LogP contribution in [0.3, 0.4) is 0 Å². The van der Waals surface area contributed by atoms with Crippen LogP contribution in [0.5, 0.6) is 0 Å². The Balaban J connectivity index is 2.21. The number of carbonyl (C=O) groups is 3. The molecule has 1 saturated heterocycles. The topological polar surface area (TPSA) is 86.7 Å². The Kier molecular flexibility index (Phi) is 2.92. The number of hydrogen-bond donors (Lipinski definition) is 2. The Labute approximate surface area is 100 Å². The van der Waals surface area contributed by atoms with Crippen LogP contribution in [0.2, 0.25) is 0 Å². The Bertz CT molecular complexity index is 506. The molecule has 6 nitrogen and oxygen atoms in total. The number of aliphatic carboxylic acids is 1. The number of hydrogen-bond acceptors (Lipinski definition) is 4. The molecule has 0 saturated carbocycles. The second kappa shape index (κ2) is 4.38. The molecule has 1 fully saturated rings. The Morgan fingerprint density at radius 3 is 2.88 bits per heavy atom. The molecular weight excluding hydrogens is 244 g/mol. The van der Waals surface area contributed by atoms with Crippen molar-refractivity contribution < 1.29 is 19.5 Å². The zero-order chi connectivity index (χ0) is 12.4. The molecule has 0 spiro atoms. The van der Waals surface area contributed by atoms with Gasteiger partial charge in [-0.25, -0.2) is 9.69 Å². The fourth-order valence-electron chi connectivity index (χ4n) is 1.37. The van der Waals surface area contributed by atoms with E-state index in [0.717, 1.165) is 4.88 Å². The minimum Gasteiger partial charge on any atom is -0.480 e. The number of rotatable bonds is 3. The first-order valence-electron chi connectivity index (χ1n) is 4.68. The van der Waals surface area contributed by atoms with Crippen molar-refractivity contribution in [3.8, 4) is 0 Å². The normalized spacial score (nSPS) is 17.6. The molecule has 2 N–H and O–H groups in total. The lowest BCUT2D eigenvalue weighted by molar-refractivity contribution is -0.140. The predicted octanol–water partition coefficient (Wildman–Crippen LogP) is 0.725. The van der Waals surface area contributed by atoms with Crippen LogP contribution in [-0.2, 0) is 9.59 Å². The number of carboxylic acid groups (broad SMARTS) is 1. The third-order valence-corrected chi connectivity index (χ3v) is 2.90. The Morgan fingerprint density at radius 1 is 1.53 bits per heavy atom. The van der Waals surface area contributed by atoms with E-state index in [1.54, 1.807) is 6.07 Å². The zero-order valence-corrected chi connectivity index (χ0v) is 9.36. The summed E-state index contributed by atoms with van der Waals surface area (Å²) in [7, 11) is 0. The number of carbonyl (C=O) groups excluding carboxylic acids is 2. The predicted molar refractivity (Wildman–Crippen MR) is 60.2 cm³/mol. The number of thiophene rings is 1. The third-order valence-electron chi connectivity index (χ3n) is 2.09. The van der Waals surface area contributed by atoms with Gasteiger partial charge in [0.05, 0.1) is 0 Å². The van der Waals surface area contributed by atoms with Crippen LogP contribution in [0.15, 0.2) is 23.2 Å². The van der Waals surface area contributed by atoms with Crippen LogP contribution in [0.1, 0.15) is 4.88 Å². The summed E-state index contributed by atoms with van der Waals surface area (Å²) in [6.45, 7) is -0.632. The maximum atomic E-state index is 11.7. The van der Waals surface area contributed by atoms with Gasteiger partial charge in [0.2, 0.25) is 0 Å². The number of urea groups is 1. The van der Waals surface area contributed by atoms with E-state index in [1.165, 1.54) is 17.4 Å². The van der Waals surface area contributed by atoms with Gasteiger partial charge in [-0.3, -0.25) is 9.59 Å². The van der Waals surface area contributed by atoms with Gasteiger partial charge in [0, 0.05) is 4.88 Å². The van der Waals surface area contributed by atoms with Crippen molar-refractivity contribution in [1.82, 2.24) is 10.2 Å². The molecule has 2 heterocycles. The second-order valence-corrected chi connectivity index (χ2v) is 4.27. The minimum absolute atomic E-state index is 0.0960. The maximum Gasteiger partial charge on any atom is 0.329 e. The van der Waals surface area contributed by atoms with Gasteiger partial charge in [-0.05, 0) is 17.5 Å². The Morgan fingerprint density at radius 2 is 2.29 bits per heavy atom. The van der Waals surface area contributed by atoms with Crippen molar-refractivity contribution in [1.29, 1.82) is 0 Å². The van der Waals surface area contributed by atoms with Gasteiger partial charge in [0.1, 0.15) is 12.2 Å². The van der Waals surface area contributed by atoms with E-state index in [2.05, 4.69) is 5.32 Å². The van der Waals surface area contributed by atoms with Crippen molar-refractivity contribution in [2.75, 3.05) is 6.54 Å². The molecule has 1 aromatic heterocycles. The largest absolute Gasteiger partial charge is 0.480 e. The molecule has 0 aromatic carbocycles. The summed E-state index contributed by atoms with van der Waals surface area (Å²) in [5.74, 6) is -1.85. The highest BCUT2D eigenvalue weighted by Crippen LogP contribution is 2.16. The number of nitrogens with zero attached hydrogens (tertiary/aromatic N) is 1. The average molecular weight is 252 g/mol. The van der Waals surface area contributed by atoms with E-state index >= 15 is 0 Å². The summed E-state index contributed by atoms with van der Waals surface area (Å²) < 4.78 is 0. The number of nitrogens with one attached hydrogen (secondary N) is 1. The first-order chi connectivity index (χ1) is 8.08. The first-order valence-corrected chi connectivity index (χ1v) is 5.56. The van der Waals surface area contributed by atoms with Gasteiger partial charge >= 0.3 is 12.0 Å². The van der Waals surface area contributed by atoms with Crippen molar-refractivity contribution >= 4 is 35.3 Å². The average Bonchev–Trinajstić information content (AvgIpc) is 2.83. The molecule has 0 radical (unpaired) electrons. The standard InChI is InChI=1S/C10H8N2O4S/c13-8(14)5-12-9(15)7(11-10(12)16)4-6-2-1-3-17-6/h1-4H,5H2,(H,11,16)(H,13,14). The lowest BCUT2D eigenvalue weighted by Gasteiger charge is -2.06. The van der Waals surface area contributed by atoms with Crippen LogP contribution in [0, 0.1) is 0 Å². The first kappa shape index (κ1) is 11.3. The van der Waals surface area contributed by atoms with E-state index < -0.39 is 24.5 Å². The highest BCUT2D eigenvalue weighted by atomic mass is 32.1. The number of carboxylic acids is 1. The Hall–Kier alpha value is -2.15. The molecule has 1 aliphatic heterocycles. The molecule has 1 aliphatic rings. The highest BCUT2D eigenvalue weighted by Gasteiger charge is 2.34. The summed E-state index contributed by atoms with van der Waals surface area (Å²) in [4.78, 5) is 35.0. The molecule has 7 heteroatoms. The molecule has 0 aliphatic carbocycles. The van der Waals surface area contributed by atoms with Crippen LogP contribution >= 0.6 is 11.3 Å². The van der Waals surface area contributed by atoms with Crippen LogP contribution in [0.4, 0.5) is 4.79 Å². The summed E-state index contributed by atoms with van der Waals surface area (Å²) >= 11 is 1.41. The highest BCUT2D eigenvalue weighted by molar-refractivity contribution is 7.10. The molecule has 2 rings (SSSR count). The molecule has 88 valence electrons. The molecule has 1 aromatic rings. The third kappa shape index (κ3) is 2.34. The lowest BCUT2D eigenvalue weighted by atomic mass is 10.3. The fourth-order valence-corrected chi connectivity index (χ4v) is 2.02. The molecule has 17 heavy (non-hydrogen) atoms. The van der Waals surface area contributed by atoms with Crippen LogP contribution < -0.4 is 5.32 Å². The van der Waals surface area contributed by atoms with Crippen molar-refractivity contribution in [2.24, 2.45) is 0 Å². The van der Waals surface area contributed by atoms with Crippen molar-refractivity contribution in [2.45, 2.75) is 0 Å². The fraction of sp³-hybridized carbons (Fsp3) is 0.100. The molecule has 0 unspecified atom stereocenters.